The molecule has 3 N–H and O–H groups in total. The molecule has 1 aliphatic rings. The standard InChI is InChI=1S/C20H20BrN3O3/c1-2-4-14-10-16-18(20(26)24(14)7-8-25)17(15(11-22)19(23)27-16)12-5-3-6-13(21)9-12/h3,5-6,9-10,17,25H,2,4,7-8,23H2,1H3. The van der Waals surface area contributed by atoms with Crippen LogP contribution in [0, 0.1) is 11.3 Å². The first kappa shape index (κ1) is 19.2. The first-order valence-corrected chi connectivity index (χ1v) is 9.51. The second-order valence-corrected chi connectivity index (χ2v) is 7.24. The first-order chi connectivity index (χ1) is 13.0. The van der Waals surface area contributed by atoms with E-state index in [1.165, 1.54) is 0 Å². The number of allylic oxidation sites excluding steroid dienone is 1. The summed E-state index contributed by atoms with van der Waals surface area (Å²) in [7, 11) is 0. The first-order valence-electron chi connectivity index (χ1n) is 8.72. The summed E-state index contributed by atoms with van der Waals surface area (Å²) in [6.45, 7) is 2.05. The Hall–Kier alpha value is -2.56. The lowest BCUT2D eigenvalue weighted by molar-refractivity contribution is 0.271. The fraction of sp³-hybridized carbons (Fsp3) is 0.300. The van der Waals surface area contributed by atoms with E-state index in [1.54, 1.807) is 10.6 Å². The topological polar surface area (TPSA) is 101 Å². The third-order valence-electron chi connectivity index (χ3n) is 4.58. The molecule has 1 aromatic carbocycles. The summed E-state index contributed by atoms with van der Waals surface area (Å²) in [5.41, 5.74) is 7.86. The molecule has 140 valence electrons. The minimum atomic E-state index is -0.621. The molecule has 0 amide bonds. The monoisotopic (exact) mass is 429 g/mol. The predicted molar refractivity (Wildman–Crippen MR) is 105 cm³/mol. The van der Waals surface area contributed by atoms with Crippen LogP contribution in [0.15, 0.2) is 51.1 Å². The van der Waals surface area contributed by atoms with Crippen molar-refractivity contribution in [3.8, 4) is 11.8 Å². The molecule has 0 fully saturated rings. The van der Waals surface area contributed by atoms with E-state index in [2.05, 4.69) is 22.0 Å². The van der Waals surface area contributed by atoms with Gasteiger partial charge < -0.3 is 20.1 Å². The van der Waals surface area contributed by atoms with E-state index < -0.39 is 5.92 Å². The number of nitrogens with zero attached hydrogens (tertiary/aromatic N) is 2. The molecule has 1 unspecified atom stereocenters. The van der Waals surface area contributed by atoms with Crippen LogP contribution in [-0.4, -0.2) is 16.3 Å². The number of ether oxygens (including phenoxy) is 1. The second kappa shape index (κ2) is 7.99. The number of rotatable bonds is 5. The highest BCUT2D eigenvalue weighted by atomic mass is 79.9. The Kier molecular flexibility index (Phi) is 5.68. The van der Waals surface area contributed by atoms with Crippen molar-refractivity contribution < 1.29 is 9.84 Å². The molecule has 0 bridgehead atoms. The normalized spacial score (nSPS) is 15.9. The number of nitrogens with two attached hydrogens (primary N) is 1. The van der Waals surface area contributed by atoms with E-state index in [1.807, 2.05) is 31.2 Å². The molecule has 1 aromatic heterocycles. The van der Waals surface area contributed by atoms with Crippen molar-refractivity contribution in [2.75, 3.05) is 6.61 Å². The molecule has 27 heavy (non-hydrogen) atoms. The van der Waals surface area contributed by atoms with Crippen LogP contribution in [0.2, 0.25) is 0 Å². The van der Waals surface area contributed by atoms with Crippen molar-refractivity contribution in [2.24, 2.45) is 5.73 Å². The molecule has 7 heteroatoms. The van der Waals surface area contributed by atoms with Crippen molar-refractivity contribution in [1.82, 2.24) is 4.57 Å². The summed E-state index contributed by atoms with van der Waals surface area (Å²) < 4.78 is 8.06. The Bertz CT molecular complexity index is 1000. The lowest BCUT2D eigenvalue weighted by Crippen LogP contribution is -2.34. The van der Waals surface area contributed by atoms with Crippen LogP contribution < -0.4 is 16.0 Å². The Morgan fingerprint density at radius 2 is 2.19 bits per heavy atom. The fourth-order valence-electron chi connectivity index (χ4n) is 3.45. The number of aryl methyl sites for hydroxylation is 1. The predicted octanol–water partition coefficient (Wildman–Crippen LogP) is 2.77. The fourth-order valence-corrected chi connectivity index (χ4v) is 3.86. The van der Waals surface area contributed by atoms with Crippen molar-refractivity contribution in [1.29, 1.82) is 5.26 Å². The molecule has 0 saturated heterocycles. The highest BCUT2D eigenvalue weighted by molar-refractivity contribution is 9.10. The SMILES string of the molecule is CCCc1cc2c(c(=O)n1CCO)C(c1cccc(Br)c1)C(C#N)=C(N)O2. The van der Waals surface area contributed by atoms with Crippen molar-refractivity contribution in [3.63, 3.8) is 0 Å². The van der Waals surface area contributed by atoms with Gasteiger partial charge in [-0.1, -0.05) is 41.4 Å². The van der Waals surface area contributed by atoms with Gasteiger partial charge in [-0.2, -0.15) is 5.26 Å². The number of hydrogen-bond acceptors (Lipinski definition) is 5. The van der Waals surface area contributed by atoms with E-state index in [4.69, 9.17) is 10.5 Å². The summed E-state index contributed by atoms with van der Waals surface area (Å²) in [5.74, 6) is -0.236. The summed E-state index contributed by atoms with van der Waals surface area (Å²) >= 11 is 3.44. The molecule has 2 heterocycles. The van der Waals surface area contributed by atoms with E-state index in [0.717, 1.165) is 22.2 Å². The summed E-state index contributed by atoms with van der Waals surface area (Å²) in [6, 6.07) is 11.3. The van der Waals surface area contributed by atoms with E-state index >= 15 is 0 Å². The molecular weight excluding hydrogens is 410 g/mol. The smallest absolute Gasteiger partial charge is 0.258 e. The molecule has 3 rings (SSSR count). The zero-order valence-electron chi connectivity index (χ0n) is 14.9. The number of nitriles is 1. The van der Waals surface area contributed by atoms with Gasteiger partial charge in [-0.3, -0.25) is 4.79 Å². The van der Waals surface area contributed by atoms with Crippen LogP contribution in [-0.2, 0) is 13.0 Å². The van der Waals surface area contributed by atoms with Gasteiger partial charge in [0.05, 0.1) is 18.1 Å². The van der Waals surface area contributed by atoms with Crippen LogP contribution in [0.3, 0.4) is 0 Å². The number of halogens is 1. The van der Waals surface area contributed by atoms with Gasteiger partial charge in [-0.15, -0.1) is 0 Å². The van der Waals surface area contributed by atoms with Crippen LogP contribution in [0.1, 0.15) is 36.1 Å². The Morgan fingerprint density at radius 1 is 1.41 bits per heavy atom. The lowest BCUT2D eigenvalue weighted by Gasteiger charge is -2.27. The summed E-state index contributed by atoms with van der Waals surface area (Å²) in [4.78, 5) is 13.3. The Labute approximate surface area is 165 Å². The van der Waals surface area contributed by atoms with Gasteiger partial charge in [-0.25, -0.2) is 0 Å². The van der Waals surface area contributed by atoms with Gasteiger partial charge in [0.1, 0.15) is 17.4 Å². The van der Waals surface area contributed by atoms with Gasteiger partial charge in [0.25, 0.3) is 5.56 Å². The largest absolute Gasteiger partial charge is 0.440 e. The average molecular weight is 430 g/mol. The molecule has 0 radical (unpaired) electrons. The molecule has 2 aromatic rings. The maximum atomic E-state index is 13.3. The van der Waals surface area contributed by atoms with Gasteiger partial charge in [-0.05, 0) is 24.1 Å². The third kappa shape index (κ3) is 3.51. The van der Waals surface area contributed by atoms with Crippen molar-refractivity contribution >= 4 is 15.9 Å². The minimum absolute atomic E-state index is 0.0109. The highest BCUT2D eigenvalue weighted by Gasteiger charge is 2.34. The van der Waals surface area contributed by atoms with Gasteiger partial charge >= 0.3 is 0 Å². The van der Waals surface area contributed by atoms with Crippen LogP contribution in [0.25, 0.3) is 0 Å². The number of aliphatic hydroxyl groups excluding tert-OH is 1. The number of pyridine rings is 1. The van der Waals surface area contributed by atoms with Crippen LogP contribution >= 0.6 is 15.9 Å². The van der Waals surface area contributed by atoms with Crippen molar-refractivity contribution in [2.45, 2.75) is 32.2 Å². The Morgan fingerprint density at radius 3 is 2.81 bits per heavy atom. The third-order valence-corrected chi connectivity index (χ3v) is 5.07. The average Bonchev–Trinajstić information content (AvgIpc) is 2.64. The Balaban J connectivity index is 2.31. The van der Waals surface area contributed by atoms with E-state index in [0.29, 0.717) is 17.7 Å². The van der Waals surface area contributed by atoms with Gasteiger partial charge in [0.2, 0.25) is 5.88 Å². The van der Waals surface area contributed by atoms with Crippen LogP contribution in [0.5, 0.6) is 5.75 Å². The maximum absolute atomic E-state index is 13.3. The number of hydrogen-bond donors (Lipinski definition) is 2. The molecule has 1 atom stereocenters. The van der Waals surface area contributed by atoms with Crippen LogP contribution in [0.4, 0.5) is 0 Å². The quantitative estimate of drug-likeness (QED) is 0.760. The number of benzene rings is 1. The summed E-state index contributed by atoms with van der Waals surface area (Å²) in [5, 5.41) is 19.1. The molecule has 0 saturated carbocycles. The minimum Gasteiger partial charge on any atom is -0.440 e. The van der Waals surface area contributed by atoms with Gasteiger partial charge in [0, 0.05) is 22.8 Å². The lowest BCUT2D eigenvalue weighted by atomic mass is 9.84. The number of aliphatic hydroxyl groups is 1. The van der Waals surface area contributed by atoms with E-state index in [-0.39, 0.29) is 30.2 Å². The molecule has 6 nitrogen and oxygen atoms in total. The van der Waals surface area contributed by atoms with Crippen molar-refractivity contribution in [3.05, 3.63) is 73.4 Å². The number of aromatic nitrogens is 1. The maximum Gasteiger partial charge on any atom is 0.258 e. The highest BCUT2D eigenvalue weighted by Crippen LogP contribution is 2.41. The summed E-state index contributed by atoms with van der Waals surface area (Å²) in [6.07, 6.45) is 1.51. The molecule has 0 aliphatic carbocycles. The molecule has 1 aliphatic heterocycles. The number of fused-ring (bicyclic) bond motifs is 1. The zero-order valence-corrected chi connectivity index (χ0v) is 16.5. The molecule has 0 spiro atoms. The zero-order chi connectivity index (χ0) is 19.6. The van der Waals surface area contributed by atoms with E-state index in [9.17, 15) is 15.2 Å². The second-order valence-electron chi connectivity index (χ2n) is 6.32. The molecular formula is C20H20BrN3O3. The van der Waals surface area contributed by atoms with Gasteiger partial charge in [0.15, 0.2) is 0 Å².